The van der Waals surface area contributed by atoms with Gasteiger partial charge in [0.2, 0.25) is 11.9 Å². The Labute approximate surface area is 168 Å². The molecule has 2 fully saturated rings. The molecule has 0 aliphatic heterocycles. The van der Waals surface area contributed by atoms with Gasteiger partial charge in [-0.3, -0.25) is 9.59 Å². The van der Waals surface area contributed by atoms with Crippen molar-refractivity contribution < 1.29 is 4.79 Å². The molecule has 0 aromatic carbocycles. The molecule has 4 rings (SSSR count). The third-order valence-electron chi connectivity index (χ3n) is 5.36. The topological polar surface area (TPSA) is 88.9 Å². The van der Waals surface area contributed by atoms with Crippen LogP contribution in [-0.2, 0) is 4.79 Å². The SMILES string of the molecule is CC(=O)N[C@H]1CC[C@H](Nc2ncc(Cl)c(-c3ccc(=O)n(C4CC4)c3)n2)CC1. The van der Waals surface area contributed by atoms with Crippen molar-refractivity contribution in [2.75, 3.05) is 5.32 Å². The molecular formula is C20H24ClN5O2. The number of amides is 1. The predicted octanol–water partition coefficient (Wildman–Crippen LogP) is 3.15. The number of hydrogen-bond acceptors (Lipinski definition) is 5. The van der Waals surface area contributed by atoms with Crippen LogP contribution in [-0.4, -0.2) is 32.5 Å². The zero-order valence-corrected chi connectivity index (χ0v) is 16.6. The van der Waals surface area contributed by atoms with Crippen molar-refractivity contribution in [3.63, 3.8) is 0 Å². The molecule has 148 valence electrons. The van der Waals surface area contributed by atoms with E-state index in [1.807, 2.05) is 6.20 Å². The molecule has 2 saturated carbocycles. The minimum absolute atomic E-state index is 0.00528. The van der Waals surface area contributed by atoms with Crippen molar-refractivity contribution >= 4 is 23.5 Å². The Kier molecular flexibility index (Phi) is 5.35. The molecule has 2 N–H and O–H groups in total. The Hall–Kier alpha value is -2.41. The van der Waals surface area contributed by atoms with E-state index in [9.17, 15) is 9.59 Å². The number of aromatic nitrogens is 3. The van der Waals surface area contributed by atoms with Crippen LogP contribution < -0.4 is 16.2 Å². The number of carbonyl (C=O) groups excluding carboxylic acids is 1. The third-order valence-corrected chi connectivity index (χ3v) is 5.64. The van der Waals surface area contributed by atoms with Gasteiger partial charge in [0.05, 0.1) is 16.9 Å². The first-order valence-corrected chi connectivity index (χ1v) is 10.2. The summed E-state index contributed by atoms with van der Waals surface area (Å²) in [5.74, 6) is 0.557. The van der Waals surface area contributed by atoms with E-state index in [1.54, 1.807) is 29.8 Å². The van der Waals surface area contributed by atoms with Crippen LogP contribution >= 0.6 is 11.6 Å². The van der Waals surface area contributed by atoms with Gasteiger partial charge >= 0.3 is 0 Å². The van der Waals surface area contributed by atoms with Crippen LogP contribution in [0.4, 0.5) is 5.95 Å². The first kappa shape index (κ1) is 18.9. The quantitative estimate of drug-likeness (QED) is 0.803. The van der Waals surface area contributed by atoms with Crippen LogP contribution in [0, 0.1) is 0 Å². The molecule has 2 aromatic heterocycles. The van der Waals surface area contributed by atoms with E-state index in [1.165, 1.54) is 0 Å². The summed E-state index contributed by atoms with van der Waals surface area (Å²) in [6.45, 7) is 1.56. The van der Waals surface area contributed by atoms with Crippen LogP contribution in [0.2, 0.25) is 5.02 Å². The van der Waals surface area contributed by atoms with Gasteiger partial charge in [-0.25, -0.2) is 9.97 Å². The summed E-state index contributed by atoms with van der Waals surface area (Å²) in [6.07, 6.45) is 9.27. The second-order valence-corrected chi connectivity index (χ2v) is 8.09. The number of hydrogen-bond donors (Lipinski definition) is 2. The van der Waals surface area contributed by atoms with E-state index in [0.29, 0.717) is 22.7 Å². The molecule has 0 atom stereocenters. The van der Waals surface area contributed by atoms with Crippen LogP contribution in [0.15, 0.2) is 29.3 Å². The van der Waals surface area contributed by atoms with E-state index in [-0.39, 0.29) is 23.6 Å². The Morgan fingerprint density at radius 3 is 2.54 bits per heavy atom. The van der Waals surface area contributed by atoms with Gasteiger partial charge in [-0.2, -0.15) is 0 Å². The van der Waals surface area contributed by atoms with E-state index in [2.05, 4.69) is 20.6 Å². The fourth-order valence-corrected chi connectivity index (χ4v) is 3.97. The molecular weight excluding hydrogens is 378 g/mol. The number of nitrogens with one attached hydrogen (secondary N) is 2. The van der Waals surface area contributed by atoms with Crippen LogP contribution in [0.1, 0.15) is 51.5 Å². The molecule has 0 radical (unpaired) electrons. The van der Waals surface area contributed by atoms with Crippen molar-refractivity contribution in [1.82, 2.24) is 19.9 Å². The highest BCUT2D eigenvalue weighted by Crippen LogP contribution is 2.35. The molecule has 8 heteroatoms. The highest BCUT2D eigenvalue weighted by molar-refractivity contribution is 6.32. The van der Waals surface area contributed by atoms with E-state index in [4.69, 9.17) is 11.6 Å². The summed E-state index contributed by atoms with van der Waals surface area (Å²) in [4.78, 5) is 32.2. The normalized spacial score (nSPS) is 21.9. The van der Waals surface area contributed by atoms with Crippen molar-refractivity contribution in [3.8, 4) is 11.3 Å². The summed E-state index contributed by atoms with van der Waals surface area (Å²) >= 11 is 6.35. The fourth-order valence-electron chi connectivity index (χ4n) is 3.77. The van der Waals surface area contributed by atoms with Crippen molar-refractivity contribution in [2.45, 2.75) is 63.6 Å². The average Bonchev–Trinajstić information content (AvgIpc) is 3.50. The average molecular weight is 402 g/mol. The third kappa shape index (κ3) is 4.35. The zero-order chi connectivity index (χ0) is 19.7. The Morgan fingerprint density at radius 1 is 1.14 bits per heavy atom. The maximum Gasteiger partial charge on any atom is 0.250 e. The van der Waals surface area contributed by atoms with Gasteiger partial charge in [0, 0.05) is 42.9 Å². The lowest BCUT2D eigenvalue weighted by Gasteiger charge is -2.29. The maximum absolute atomic E-state index is 12.1. The number of pyridine rings is 1. The van der Waals surface area contributed by atoms with Crippen molar-refractivity contribution in [2.24, 2.45) is 0 Å². The van der Waals surface area contributed by atoms with Crippen LogP contribution in [0.5, 0.6) is 0 Å². The maximum atomic E-state index is 12.1. The number of halogens is 1. The first-order chi connectivity index (χ1) is 13.5. The summed E-state index contributed by atoms with van der Waals surface area (Å²) in [7, 11) is 0. The minimum Gasteiger partial charge on any atom is -0.354 e. The second kappa shape index (κ2) is 7.91. The van der Waals surface area contributed by atoms with Gasteiger partial charge in [0.25, 0.3) is 5.56 Å². The molecule has 2 aliphatic rings. The van der Waals surface area contributed by atoms with Crippen LogP contribution in [0.25, 0.3) is 11.3 Å². The predicted molar refractivity (Wildman–Crippen MR) is 108 cm³/mol. The lowest BCUT2D eigenvalue weighted by Crippen LogP contribution is -2.39. The van der Waals surface area contributed by atoms with Gasteiger partial charge in [-0.05, 0) is 44.6 Å². The summed E-state index contributed by atoms with van der Waals surface area (Å²) in [6, 6.07) is 4.14. The summed E-state index contributed by atoms with van der Waals surface area (Å²) in [5, 5.41) is 6.84. The molecule has 1 amide bonds. The minimum atomic E-state index is 0.00528. The lowest BCUT2D eigenvalue weighted by atomic mass is 9.91. The molecule has 0 unspecified atom stereocenters. The Morgan fingerprint density at radius 2 is 1.86 bits per heavy atom. The number of nitrogens with zero attached hydrogens (tertiary/aromatic N) is 3. The highest BCUT2D eigenvalue weighted by atomic mass is 35.5. The van der Waals surface area contributed by atoms with E-state index in [0.717, 1.165) is 44.1 Å². The monoisotopic (exact) mass is 401 g/mol. The number of carbonyl (C=O) groups is 1. The highest BCUT2D eigenvalue weighted by Gasteiger charge is 2.25. The fraction of sp³-hybridized carbons (Fsp3) is 0.500. The van der Waals surface area contributed by atoms with Crippen LogP contribution in [0.3, 0.4) is 0 Å². The Balaban J connectivity index is 1.48. The molecule has 2 heterocycles. The van der Waals surface area contributed by atoms with Crippen molar-refractivity contribution in [1.29, 1.82) is 0 Å². The van der Waals surface area contributed by atoms with Gasteiger partial charge in [0.15, 0.2) is 0 Å². The summed E-state index contributed by atoms with van der Waals surface area (Å²) < 4.78 is 1.77. The molecule has 0 saturated heterocycles. The first-order valence-electron chi connectivity index (χ1n) is 9.78. The smallest absolute Gasteiger partial charge is 0.250 e. The van der Waals surface area contributed by atoms with Gasteiger partial charge in [0.1, 0.15) is 0 Å². The second-order valence-electron chi connectivity index (χ2n) is 7.68. The number of anilines is 1. The van der Waals surface area contributed by atoms with Crippen molar-refractivity contribution in [3.05, 3.63) is 39.9 Å². The molecule has 7 nitrogen and oxygen atoms in total. The largest absolute Gasteiger partial charge is 0.354 e. The lowest BCUT2D eigenvalue weighted by molar-refractivity contribution is -0.119. The van der Waals surface area contributed by atoms with Gasteiger partial charge in [-0.15, -0.1) is 0 Å². The molecule has 28 heavy (non-hydrogen) atoms. The van der Waals surface area contributed by atoms with Gasteiger partial charge in [-0.1, -0.05) is 11.6 Å². The molecule has 2 aliphatic carbocycles. The summed E-state index contributed by atoms with van der Waals surface area (Å²) in [5.41, 5.74) is 1.45. The van der Waals surface area contributed by atoms with Gasteiger partial charge < -0.3 is 15.2 Å². The van der Waals surface area contributed by atoms with E-state index < -0.39 is 0 Å². The standard InChI is InChI=1S/C20H24ClN5O2/c1-12(27)23-14-3-5-15(6-4-14)24-20-22-10-17(21)19(25-20)13-2-9-18(28)26(11-13)16-7-8-16/h2,9-11,14-16H,3-8H2,1H3,(H,23,27)(H,22,24,25)/t14-,15-. The molecule has 0 spiro atoms. The van der Waals surface area contributed by atoms with E-state index >= 15 is 0 Å². The molecule has 0 bridgehead atoms. The molecule has 2 aromatic rings. The zero-order valence-electron chi connectivity index (χ0n) is 15.8. The Bertz CT molecular complexity index is 932. The number of rotatable bonds is 5.